The number of hydrogen-bond acceptors (Lipinski definition) is 3. The van der Waals surface area contributed by atoms with E-state index in [1.807, 2.05) is 13.8 Å². The van der Waals surface area contributed by atoms with E-state index in [4.69, 9.17) is 5.73 Å². The van der Waals surface area contributed by atoms with Crippen molar-refractivity contribution in [2.24, 2.45) is 0 Å². The minimum Gasteiger partial charge on any atom is -0.505 e. The van der Waals surface area contributed by atoms with E-state index in [9.17, 15) is 9.90 Å². The monoisotopic (exact) mass is 207 g/mol. The molecule has 3 heteroatoms. The van der Waals surface area contributed by atoms with Crippen LogP contribution in [0.5, 0.6) is 5.75 Å². The molecular weight excluding hydrogens is 190 g/mol. The van der Waals surface area contributed by atoms with Crippen molar-refractivity contribution >= 4 is 11.5 Å². The number of rotatable bonds is 4. The zero-order valence-electron chi connectivity index (χ0n) is 9.21. The Kier molecular flexibility index (Phi) is 3.72. The molecule has 0 fully saturated rings. The van der Waals surface area contributed by atoms with E-state index in [1.54, 1.807) is 12.1 Å². The normalized spacial score (nSPS) is 10.3. The number of aryl methyl sites for hydroxylation is 1. The molecule has 1 aromatic carbocycles. The van der Waals surface area contributed by atoms with Crippen LogP contribution < -0.4 is 5.73 Å². The number of hydrogen-bond donors (Lipinski definition) is 2. The summed E-state index contributed by atoms with van der Waals surface area (Å²) in [5, 5.41) is 9.67. The largest absolute Gasteiger partial charge is 0.505 e. The summed E-state index contributed by atoms with van der Waals surface area (Å²) in [5.41, 5.74) is 7.25. The Morgan fingerprint density at radius 1 is 1.40 bits per heavy atom. The first kappa shape index (κ1) is 11.6. The molecule has 3 N–H and O–H groups in total. The Balaban J connectivity index is 3.15. The summed E-state index contributed by atoms with van der Waals surface area (Å²) in [6, 6.07) is 3.43. The maximum absolute atomic E-state index is 11.7. The molecule has 0 amide bonds. The highest BCUT2D eigenvalue weighted by molar-refractivity contribution is 6.00. The molecule has 1 rings (SSSR count). The van der Waals surface area contributed by atoms with E-state index in [2.05, 4.69) is 0 Å². The quantitative estimate of drug-likeness (QED) is 0.453. The van der Waals surface area contributed by atoms with Crippen LogP contribution in [-0.2, 0) is 6.42 Å². The number of benzene rings is 1. The number of phenolic OH excluding ortho intramolecular Hbond substituents is 1. The Morgan fingerprint density at radius 3 is 2.60 bits per heavy atom. The van der Waals surface area contributed by atoms with Gasteiger partial charge in [-0.1, -0.05) is 13.8 Å². The molecule has 0 spiro atoms. The molecule has 0 heterocycles. The van der Waals surface area contributed by atoms with E-state index >= 15 is 0 Å². The third-order valence-corrected chi connectivity index (χ3v) is 2.38. The standard InChI is InChI=1S/C12H17NO2/c1-3-5-11(14)9-6-8(4-2)7-10(13)12(9)15/h6-7,15H,3-5,13H2,1-2H3. The molecule has 0 atom stereocenters. The fourth-order valence-corrected chi connectivity index (χ4v) is 1.50. The lowest BCUT2D eigenvalue weighted by Crippen LogP contribution is -2.02. The van der Waals surface area contributed by atoms with Gasteiger partial charge in [-0.05, 0) is 30.5 Å². The van der Waals surface area contributed by atoms with Crippen molar-refractivity contribution in [2.45, 2.75) is 33.1 Å². The lowest BCUT2D eigenvalue weighted by atomic mass is 10.0. The van der Waals surface area contributed by atoms with Crippen molar-refractivity contribution in [3.63, 3.8) is 0 Å². The highest BCUT2D eigenvalue weighted by Gasteiger charge is 2.13. The molecular formula is C12H17NO2. The fourth-order valence-electron chi connectivity index (χ4n) is 1.50. The third-order valence-electron chi connectivity index (χ3n) is 2.38. The number of carbonyl (C=O) groups excluding carboxylic acids is 1. The molecule has 0 aromatic heterocycles. The van der Waals surface area contributed by atoms with Gasteiger partial charge in [-0.2, -0.15) is 0 Å². The lowest BCUT2D eigenvalue weighted by Gasteiger charge is -2.08. The van der Waals surface area contributed by atoms with Gasteiger partial charge in [0.15, 0.2) is 5.78 Å². The predicted molar refractivity (Wildman–Crippen MR) is 61.1 cm³/mol. The molecule has 1 aromatic rings. The summed E-state index contributed by atoms with van der Waals surface area (Å²) in [7, 11) is 0. The van der Waals surface area contributed by atoms with Crippen LogP contribution in [0.15, 0.2) is 12.1 Å². The summed E-state index contributed by atoms with van der Waals surface area (Å²) in [4.78, 5) is 11.7. The lowest BCUT2D eigenvalue weighted by molar-refractivity contribution is 0.0979. The molecule has 0 aliphatic heterocycles. The minimum absolute atomic E-state index is 0.0444. The summed E-state index contributed by atoms with van der Waals surface area (Å²) in [6.07, 6.45) is 2.02. The zero-order valence-corrected chi connectivity index (χ0v) is 9.21. The SMILES string of the molecule is CCCC(=O)c1cc(CC)cc(N)c1O. The maximum atomic E-state index is 11.7. The highest BCUT2D eigenvalue weighted by atomic mass is 16.3. The minimum atomic E-state index is -0.0781. The number of anilines is 1. The summed E-state index contributed by atoms with van der Waals surface area (Å²) < 4.78 is 0. The molecule has 15 heavy (non-hydrogen) atoms. The zero-order chi connectivity index (χ0) is 11.4. The first-order chi connectivity index (χ1) is 7.10. The van der Waals surface area contributed by atoms with Crippen molar-refractivity contribution in [3.05, 3.63) is 23.3 Å². The van der Waals surface area contributed by atoms with E-state index in [-0.39, 0.29) is 17.2 Å². The topological polar surface area (TPSA) is 63.3 Å². The molecule has 0 unspecified atom stereocenters. The number of nitrogen functional groups attached to an aromatic ring is 1. The van der Waals surface area contributed by atoms with Crippen molar-refractivity contribution in [1.29, 1.82) is 0 Å². The van der Waals surface area contributed by atoms with Crippen LogP contribution in [0.3, 0.4) is 0 Å². The summed E-state index contributed by atoms with van der Waals surface area (Å²) >= 11 is 0. The second-order valence-electron chi connectivity index (χ2n) is 3.61. The second-order valence-corrected chi connectivity index (χ2v) is 3.61. The van der Waals surface area contributed by atoms with Crippen LogP contribution in [0, 0.1) is 0 Å². The Labute approximate surface area is 89.9 Å². The molecule has 0 saturated heterocycles. The van der Waals surface area contributed by atoms with Gasteiger partial charge in [0.1, 0.15) is 5.75 Å². The summed E-state index contributed by atoms with van der Waals surface area (Å²) in [6.45, 7) is 3.92. The smallest absolute Gasteiger partial charge is 0.166 e. The number of nitrogens with two attached hydrogens (primary N) is 1. The first-order valence-electron chi connectivity index (χ1n) is 5.24. The van der Waals surface area contributed by atoms with Gasteiger partial charge < -0.3 is 10.8 Å². The van der Waals surface area contributed by atoms with Gasteiger partial charge in [-0.15, -0.1) is 0 Å². The van der Waals surface area contributed by atoms with E-state index in [0.717, 1.165) is 18.4 Å². The molecule has 0 bridgehead atoms. The molecule has 82 valence electrons. The van der Waals surface area contributed by atoms with Crippen molar-refractivity contribution < 1.29 is 9.90 Å². The molecule has 0 aliphatic carbocycles. The Hall–Kier alpha value is -1.51. The average Bonchev–Trinajstić information content (AvgIpc) is 2.22. The van der Waals surface area contributed by atoms with Gasteiger partial charge in [-0.25, -0.2) is 0 Å². The van der Waals surface area contributed by atoms with Gasteiger partial charge in [0.2, 0.25) is 0 Å². The van der Waals surface area contributed by atoms with Crippen LogP contribution in [0.25, 0.3) is 0 Å². The van der Waals surface area contributed by atoms with Crippen molar-refractivity contribution in [1.82, 2.24) is 0 Å². The Bertz CT molecular complexity index is 372. The van der Waals surface area contributed by atoms with E-state index in [1.165, 1.54) is 0 Å². The van der Waals surface area contributed by atoms with Crippen molar-refractivity contribution in [2.75, 3.05) is 5.73 Å². The van der Waals surface area contributed by atoms with Gasteiger partial charge in [-0.3, -0.25) is 4.79 Å². The average molecular weight is 207 g/mol. The second kappa shape index (κ2) is 4.82. The van der Waals surface area contributed by atoms with E-state index < -0.39 is 0 Å². The molecule has 0 saturated carbocycles. The predicted octanol–water partition coefficient (Wildman–Crippen LogP) is 2.52. The fraction of sp³-hybridized carbons (Fsp3) is 0.417. The van der Waals surface area contributed by atoms with Crippen molar-refractivity contribution in [3.8, 4) is 5.75 Å². The Morgan fingerprint density at radius 2 is 2.07 bits per heavy atom. The first-order valence-corrected chi connectivity index (χ1v) is 5.24. The molecule has 0 radical (unpaired) electrons. The van der Waals surface area contributed by atoms with Crippen LogP contribution >= 0.6 is 0 Å². The third kappa shape index (κ3) is 2.49. The number of ketones is 1. The van der Waals surface area contributed by atoms with Gasteiger partial charge >= 0.3 is 0 Å². The van der Waals surface area contributed by atoms with Crippen LogP contribution in [-0.4, -0.2) is 10.9 Å². The number of Topliss-reactive ketones (excluding diaryl/α,β-unsaturated/α-hetero) is 1. The number of phenols is 1. The van der Waals surface area contributed by atoms with Gasteiger partial charge in [0.05, 0.1) is 11.3 Å². The van der Waals surface area contributed by atoms with Crippen LogP contribution in [0.1, 0.15) is 42.6 Å². The number of aromatic hydroxyl groups is 1. The summed E-state index contributed by atoms with van der Waals surface area (Å²) in [5.74, 6) is -0.123. The van der Waals surface area contributed by atoms with Crippen LogP contribution in [0.2, 0.25) is 0 Å². The molecule has 3 nitrogen and oxygen atoms in total. The van der Waals surface area contributed by atoms with E-state index in [0.29, 0.717) is 12.0 Å². The van der Waals surface area contributed by atoms with Gasteiger partial charge in [0, 0.05) is 6.42 Å². The maximum Gasteiger partial charge on any atom is 0.166 e. The van der Waals surface area contributed by atoms with Crippen LogP contribution in [0.4, 0.5) is 5.69 Å². The number of carbonyl (C=O) groups is 1. The molecule has 0 aliphatic rings. The van der Waals surface area contributed by atoms with Gasteiger partial charge in [0.25, 0.3) is 0 Å². The highest BCUT2D eigenvalue weighted by Crippen LogP contribution is 2.28.